The maximum Gasteiger partial charge on any atom is 0.207 e. The molecule has 0 fully saturated rings. The van der Waals surface area contributed by atoms with Crippen LogP contribution in [0.5, 0.6) is 5.75 Å². The summed E-state index contributed by atoms with van der Waals surface area (Å²) in [5.41, 5.74) is 0.102. The van der Waals surface area contributed by atoms with Crippen LogP contribution in [0.1, 0.15) is 0 Å². The van der Waals surface area contributed by atoms with Crippen LogP contribution in [0.4, 0.5) is 4.39 Å². The number of fused-ring (bicyclic) bond motifs is 1. The van der Waals surface area contributed by atoms with Crippen LogP contribution in [0.25, 0.3) is 11.0 Å². The molecule has 0 saturated carbocycles. The van der Waals surface area contributed by atoms with Gasteiger partial charge in [0.25, 0.3) is 0 Å². The van der Waals surface area contributed by atoms with Crippen molar-refractivity contribution in [3.05, 3.63) is 30.3 Å². The number of benzene rings is 1. The summed E-state index contributed by atoms with van der Waals surface area (Å²) in [6, 6.07) is 4.53. The number of rotatable bonds is 0. The molecular weight excluding hydrogens is 147 g/mol. The van der Waals surface area contributed by atoms with Gasteiger partial charge in [0.2, 0.25) is 5.82 Å². The smallest absolute Gasteiger partial charge is 0.207 e. The highest BCUT2D eigenvalue weighted by atomic mass is 19.1. The van der Waals surface area contributed by atoms with E-state index in [1.165, 1.54) is 12.3 Å². The molecule has 2 rings (SSSR count). The van der Waals surface area contributed by atoms with E-state index in [2.05, 4.69) is 0 Å². The van der Waals surface area contributed by atoms with E-state index in [0.29, 0.717) is 5.39 Å². The van der Waals surface area contributed by atoms with Gasteiger partial charge in [0.1, 0.15) is 0 Å². The second kappa shape index (κ2) is 1.99. The van der Waals surface area contributed by atoms with Crippen LogP contribution in [0, 0.1) is 5.82 Å². The standard InChI is InChI=1S/C8H5FO2/c9-7-6(10)2-1-5-3-4-11-8(5)7/h1-4,10H. The molecule has 1 aromatic carbocycles. The minimum Gasteiger partial charge on any atom is -0.505 e. The molecule has 0 bridgehead atoms. The van der Waals surface area contributed by atoms with Crippen LogP contribution in [-0.4, -0.2) is 5.11 Å². The summed E-state index contributed by atoms with van der Waals surface area (Å²) in [5.74, 6) is -1.08. The van der Waals surface area contributed by atoms with Gasteiger partial charge in [0.05, 0.1) is 6.26 Å². The molecule has 2 nitrogen and oxygen atoms in total. The van der Waals surface area contributed by atoms with Gasteiger partial charge < -0.3 is 9.52 Å². The van der Waals surface area contributed by atoms with Crippen molar-refractivity contribution in [3.8, 4) is 5.75 Å². The SMILES string of the molecule is Oc1ccc2ccoc2c1F. The predicted octanol–water partition coefficient (Wildman–Crippen LogP) is 2.28. The zero-order valence-corrected chi connectivity index (χ0v) is 5.54. The Kier molecular flexibility index (Phi) is 1.12. The minimum absolute atomic E-state index is 0.102. The first-order chi connectivity index (χ1) is 5.29. The molecule has 0 unspecified atom stereocenters. The Morgan fingerprint density at radius 2 is 2.09 bits per heavy atom. The highest BCUT2D eigenvalue weighted by Crippen LogP contribution is 2.25. The van der Waals surface area contributed by atoms with E-state index in [1.54, 1.807) is 12.1 Å². The molecule has 0 amide bonds. The van der Waals surface area contributed by atoms with Gasteiger partial charge in [-0.1, -0.05) is 0 Å². The lowest BCUT2D eigenvalue weighted by Crippen LogP contribution is -1.75. The summed E-state index contributed by atoms with van der Waals surface area (Å²) in [7, 11) is 0. The molecule has 11 heavy (non-hydrogen) atoms. The third-order valence-electron chi connectivity index (χ3n) is 1.54. The summed E-state index contributed by atoms with van der Waals surface area (Å²) in [6.45, 7) is 0. The molecule has 0 aliphatic carbocycles. The molecule has 2 aromatic rings. The van der Waals surface area contributed by atoms with Gasteiger partial charge in [0, 0.05) is 5.39 Å². The average molecular weight is 152 g/mol. The van der Waals surface area contributed by atoms with Gasteiger partial charge in [-0.25, -0.2) is 0 Å². The summed E-state index contributed by atoms with van der Waals surface area (Å²) in [5, 5.41) is 9.55. The topological polar surface area (TPSA) is 33.4 Å². The first-order valence-electron chi connectivity index (χ1n) is 3.14. The summed E-state index contributed by atoms with van der Waals surface area (Å²) >= 11 is 0. The molecule has 0 aliphatic rings. The van der Waals surface area contributed by atoms with E-state index >= 15 is 0 Å². The van der Waals surface area contributed by atoms with Crippen molar-refractivity contribution in [2.45, 2.75) is 0 Å². The summed E-state index contributed by atoms with van der Waals surface area (Å²) < 4.78 is 17.7. The maximum absolute atomic E-state index is 12.9. The number of aromatic hydroxyl groups is 1. The van der Waals surface area contributed by atoms with Crippen molar-refractivity contribution in [2.75, 3.05) is 0 Å². The van der Waals surface area contributed by atoms with Crippen LogP contribution in [0.15, 0.2) is 28.9 Å². The Hall–Kier alpha value is -1.51. The minimum atomic E-state index is -0.701. The molecule has 1 heterocycles. The third kappa shape index (κ3) is 0.774. The van der Waals surface area contributed by atoms with Gasteiger partial charge in [-0.3, -0.25) is 0 Å². The number of halogens is 1. The van der Waals surface area contributed by atoms with Crippen LogP contribution >= 0.6 is 0 Å². The fraction of sp³-hybridized carbons (Fsp3) is 0. The summed E-state index contributed by atoms with van der Waals surface area (Å²) in [4.78, 5) is 0. The maximum atomic E-state index is 12.9. The van der Waals surface area contributed by atoms with Gasteiger partial charge in [-0.2, -0.15) is 4.39 Å². The van der Waals surface area contributed by atoms with Gasteiger partial charge >= 0.3 is 0 Å². The number of hydrogen-bond acceptors (Lipinski definition) is 2. The predicted molar refractivity (Wildman–Crippen MR) is 37.8 cm³/mol. The first kappa shape index (κ1) is 6.22. The van der Waals surface area contributed by atoms with Crippen LogP contribution < -0.4 is 0 Å². The van der Waals surface area contributed by atoms with Crippen molar-refractivity contribution >= 4 is 11.0 Å². The molecule has 0 atom stereocenters. The Labute approximate surface area is 61.9 Å². The van der Waals surface area contributed by atoms with Crippen molar-refractivity contribution in [3.63, 3.8) is 0 Å². The molecule has 0 aliphatic heterocycles. The van der Waals surface area contributed by atoms with E-state index in [9.17, 15) is 4.39 Å². The van der Waals surface area contributed by atoms with Crippen LogP contribution in [0.3, 0.4) is 0 Å². The highest BCUT2D eigenvalue weighted by Gasteiger charge is 2.07. The van der Waals surface area contributed by atoms with Crippen molar-refractivity contribution in [1.82, 2.24) is 0 Å². The zero-order chi connectivity index (χ0) is 7.84. The number of phenolic OH excluding ortho intramolecular Hbond substituents is 1. The van der Waals surface area contributed by atoms with E-state index < -0.39 is 5.82 Å². The molecular formula is C8H5FO2. The van der Waals surface area contributed by atoms with Gasteiger partial charge in [-0.05, 0) is 18.2 Å². The number of hydrogen-bond donors (Lipinski definition) is 1. The normalized spacial score (nSPS) is 10.6. The van der Waals surface area contributed by atoms with Crippen molar-refractivity contribution < 1.29 is 13.9 Å². The monoisotopic (exact) mass is 152 g/mol. The Morgan fingerprint density at radius 1 is 1.27 bits per heavy atom. The Bertz CT molecular complexity index is 392. The van der Waals surface area contributed by atoms with E-state index in [-0.39, 0.29) is 11.3 Å². The fourth-order valence-electron chi connectivity index (χ4n) is 0.987. The number of furan rings is 1. The second-order valence-corrected chi connectivity index (χ2v) is 2.24. The molecule has 0 spiro atoms. The van der Waals surface area contributed by atoms with E-state index in [1.807, 2.05) is 0 Å². The Morgan fingerprint density at radius 3 is 2.91 bits per heavy atom. The molecule has 1 aromatic heterocycles. The van der Waals surface area contributed by atoms with Crippen molar-refractivity contribution in [2.24, 2.45) is 0 Å². The second-order valence-electron chi connectivity index (χ2n) is 2.24. The lowest BCUT2D eigenvalue weighted by atomic mass is 10.2. The quantitative estimate of drug-likeness (QED) is 0.628. The van der Waals surface area contributed by atoms with Crippen LogP contribution in [-0.2, 0) is 0 Å². The average Bonchev–Trinajstić information content (AvgIpc) is 2.45. The molecule has 56 valence electrons. The fourth-order valence-corrected chi connectivity index (χ4v) is 0.987. The molecule has 0 radical (unpaired) electrons. The summed E-state index contributed by atoms with van der Waals surface area (Å²) in [6.07, 6.45) is 1.38. The molecule has 0 saturated heterocycles. The van der Waals surface area contributed by atoms with E-state index in [4.69, 9.17) is 9.52 Å². The zero-order valence-electron chi connectivity index (χ0n) is 5.54. The molecule has 1 N–H and O–H groups in total. The van der Waals surface area contributed by atoms with Crippen molar-refractivity contribution in [1.29, 1.82) is 0 Å². The molecule has 3 heteroatoms. The lowest BCUT2D eigenvalue weighted by molar-refractivity contribution is 0.429. The van der Waals surface area contributed by atoms with Gasteiger partial charge in [0.15, 0.2) is 11.3 Å². The lowest BCUT2D eigenvalue weighted by Gasteiger charge is -1.93. The van der Waals surface area contributed by atoms with E-state index in [0.717, 1.165) is 0 Å². The number of phenols is 1. The van der Waals surface area contributed by atoms with Crippen LogP contribution in [0.2, 0.25) is 0 Å². The largest absolute Gasteiger partial charge is 0.505 e. The first-order valence-corrected chi connectivity index (χ1v) is 3.14. The highest BCUT2D eigenvalue weighted by molar-refractivity contribution is 5.79. The third-order valence-corrected chi connectivity index (χ3v) is 1.54. The van der Waals surface area contributed by atoms with Gasteiger partial charge in [-0.15, -0.1) is 0 Å². The Balaban J connectivity index is 2.93.